The Bertz CT molecular complexity index is 1070. The molecule has 0 saturated carbocycles. The van der Waals surface area contributed by atoms with Crippen LogP contribution in [0.25, 0.3) is 0 Å². The lowest BCUT2D eigenvalue weighted by molar-refractivity contribution is 0.0528. The first-order chi connectivity index (χ1) is 16.4. The molecular weight excluding hydrogens is 426 g/mol. The van der Waals surface area contributed by atoms with E-state index in [1.165, 1.54) is 11.1 Å². The zero-order chi connectivity index (χ0) is 24.1. The highest BCUT2D eigenvalue weighted by atomic mass is 16.5. The van der Waals surface area contributed by atoms with Gasteiger partial charge in [0.05, 0.1) is 7.11 Å². The molecule has 3 atom stereocenters. The van der Waals surface area contributed by atoms with Gasteiger partial charge in [-0.15, -0.1) is 0 Å². The van der Waals surface area contributed by atoms with Crippen LogP contribution < -0.4 is 19.5 Å². The van der Waals surface area contributed by atoms with Gasteiger partial charge >= 0.3 is 0 Å². The second-order valence-corrected chi connectivity index (χ2v) is 9.32. The zero-order valence-corrected chi connectivity index (χ0v) is 20.5. The molecule has 1 heterocycles. The molecule has 3 aromatic rings. The van der Waals surface area contributed by atoms with Gasteiger partial charge in [-0.2, -0.15) is 0 Å². The number of hydrogen-bond acceptors (Lipinski definition) is 5. The van der Waals surface area contributed by atoms with Crippen LogP contribution in [0.15, 0.2) is 72.8 Å². The van der Waals surface area contributed by atoms with E-state index in [-0.39, 0.29) is 18.4 Å². The highest BCUT2D eigenvalue weighted by Crippen LogP contribution is 2.53. The Kier molecular flexibility index (Phi) is 7.44. The van der Waals surface area contributed by atoms with Crippen LogP contribution >= 0.6 is 0 Å². The topological polar surface area (TPSA) is 60.0 Å². The highest BCUT2D eigenvalue weighted by molar-refractivity contribution is 5.52. The standard InChI is InChI=1S/C29H35NO4/c1-5-30-18-22(31)19-33-23-13-11-20(12-14-23)27-25-16-15-24(32-4)17-26(25)34-29(2,3)28(27)21-9-7-6-8-10-21/h6-17,22,27-28,30-31H,5,18-19H2,1-4H3/t22-,27-,28+/m1/s1. The molecule has 180 valence electrons. The summed E-state index contributed by atoms with van der Waals surface area (Å²) in [7, 11) is 1.67. The van der Waals surface area contributed by atoms with Crippen molar-refractivity contribution in [1.29, 1.82) is 0 Å². The van der Waals surface area contributed by atoms with Gasteiger partial charge in [-0.25, -0.2) is 0 Å². The molecule has 0 unspecified atom stereocenters. The summed E-state index contributed by atoms with van der Waals surface area (Å²) in [5, 5.41) is 13.2. The number of nitrogens with one attached hydrogen (secondary N) is 1. The van der Waals surface area contributed by atoms with Gasteiger partial charge < -0.3 is 24.6 Å². The van der Waals surface area contributed by atoms with Crippen molar-refractivity contribution in [3.05, 3.63) is 89.5 Å². The van der Waals surface area contributed by atoms with Crippen molar-refractivity contribution in [2.24, 2.45) is 0 Å². The summed E-state index contributed by atoms with van der Waals surface area (Å²) in [6.07, 6.45) is -0.541. The molecule has 0 aromatic heterocycles. The lowest BCUT2D eigenvalue weighted by Gasteiger charge is -2.45. The Balaban J connectivity index is 1.68. The van der Waals surface area contributed by atoms with E-state index >= 15 is 0 Å². The van der Waals surface area contributed by atoms with Crippen molar-refractivity contribution < 1.29 is 19.3 Å². The van der Waals surface area contributed by atoms with Gasteiger partial charge in [0.1, 0.15) is 35.6 Å². The third kappa shape index (κ3) is 5.21. The molecule has 0 spiro atoms. The van der Waals surface area contributed by atoms with E-state index in [1.807, 2.05) is 37.3 Å². The Labute approximate surface area is 202 Å². The highest BCUT2D eigenvalue weighted by Gasteiger charge is 2.45. The van der Waals surface area contributed by atoms with Gasteiger partial charge in [0.25, 0.3) is 0 Å². The summed E-state index contributed by atoms with van der Waals surface area (Å²) in [5.74, 6) is 2.60. The first-order valence-electron chi connectivity index (χ1n) is 12.0. The number of rotatable bonds is 9. The molecule has 3 aromatic carbocycles. The van der Waals surface area contributed by atoms with E-state index in [0.29, 0.717) is 6.54 Å². The minimum absolute atomic E-state index is 0.0976. The molecule has 0 amide bonds. The van der Waals surface area contributed by atoms with Crippen LogP contribution in [0.2, 0.25) is 0 Å². The van der Waals surface area contributed by atoms with Crippen molar-refractivity contribution >= 4 is 0 Å². The zero-order valence-electron chi connectivity index (χ0n) is 20.5. The lowest BCUT2D eigenvalue weighted by Crippen LogP contribution is -2.43. The summed E-state index contributed by atoms with van der Waals surface area (Å²) in [6.45, 7) is 7.92. The van der Waals surface area contributed by atoms with Crippen molar-refractivity contribution in [3.63, 3.8) is 0 Å². The third-order valence-electron chi connectivity index (χ3n) is 6.48. The van der Waals surface area contributed by atoms with E-state index in [9.17, 15) is 5.11 Å². The summed E-state index contributed by atoms with van der Waals surface area (Å²) in [5.41, 5.74) is 3.14. The van der Waals surface area contributed by atoms with E-state index in [0.717, 1.165) is 29.4 Å². The molecule has 1 aliphatic heterocycles. The first-order valence-corrected chi connectivity index (χ1v) is 12.0. The number of aliphatic hydroxyl groups excluding tert-OH is 1. The Morgan fingerprint density at radius 2 is 1.68 bits per heavy atom. The minimum Gasteiger partial charge on any atom is -0.497 e. The van der Waals surface area contributed by atoms with Crippen molar-refractivity contribution in [2.75, 3.05) is 26.8 Å². The Morgan fingerprint density at radius 1 is 0.971 bits per heavy atom. The van der Waals surface area contributed by atoms with Gasteiger partial charge in [-0.1, -0.05) is 55.5 Å². The molecule has 0 fully saturated rings. The maximum absolute atomic E-state index is 10.1. The molecule has 2 N–H and O–H groups in total. The summed E-state index contributed by atoms with van der Waals surface area (Å²) >= 11 is 0. The van der Waals surface area contributed by atoms with Crippen LogP contribution in [0.1, 0.15) is 49.3 Å². The normalized spacial score (nSPS) is 19.6. The van der Waals surface area contributed by atoms with Gasteiger partial charge in [0.2, 0.25) is 0 Å². The molecule has 0 radical (unpaired) electrons. The summed E-state index contributed by atoms with van der Waals surface area (Å²) in [6, 6.07) is 24.9. The molecule has 0 bridgehead atoms. The second-order valence-electron chi connectivity index (χ2n) is 9.32. The summed E-state index contributed by atoms with van der Waals surface area (Å²) < 4.78 is 17.9. The quantitative estimate of drug-likeness (QED) is 0.463. The average Bonchev–Trinajstić information content (AvgIpc) is 2.85. The first kappa shape index (κ1) is 24.1. The number of hydrogen-bond donors (Lipinski definition) is 2. The largest absolute Gasteiger partial charge is 0.497 e. The van der Waals surface area contributed by atoms with Crippen LogP contribution in [0.5, 0.6) is 17.2 Å². The van der Waals surface area contributed by atoms with Gasteiger partial charge in [-0.05, 0) is 49.7 Å². The number of benzene rings is 3. The average molecular weight is 462 g/mol. The van der Waals surface area contributed by atoms with Gasteiger partial charge in [0, 0.05) is 30.0 Å². The van der Waals surface area contributed by atoms with E-state index < -0.39 is 11.7 Å². The van der Waals surface area contributed by atoms with Crippen molar-refractivity contribution in [2.45, 2.75) is 44.3 Å². The lowest BCUT2D eigenvalue weighted by atomic mass is 9.68. The van der Waals surface area contributed by atoms with E-state index in [2.05, 4.69) is 61.6 Å². The van der Waals surface area contributed by atoms with Gasteiger partial charge in [-0.3, -0.25) is 0 Å². The van der Waals surface area contributed by atoms with E-state index in [1.54, 1.807) is 7.11 Å². The molecule has 0 saturated heterocycles. The number of fused-ring (bicyclic) bond motifs is 1. The molecule has 4 rings (SSSR count). The fourth-order valence-corrected chi connectivity index (χ4v) is 4.87. The summed E-state index contributed by atoms with van der Waals surface area (Å²) in [4.78, 5) is 0. The fourth-order valence-electron chi connectivity index (χ4n) is 4.87. The maximum Gasteiger partial charge on any atom is 0.127 e. The number of methoxy groups -OCH3 is 1. The number of ether oxygens (including phenoxy) is 3. The minimum atomic E-state index is -0.541. The molecule has 5 nitrogen and oxygen atoms in total. The molecule has 0 aliphatic carbocycles. The predicted octanol–water partition coefficient (Wildman–Crippen LogP) is 5.13. The SMILES string of the molecule is CCNC[C@@H](O)COc1ccc([C@@H]2c3ccc(OC)cc3OC(C)(C)[C@H]2c2ccccc2)cc1. The van der Waals surface area contributed by atoms with Crippen molar-refractivity contribution in [1.82, 2.24) is 5.32 Å². The van der Waals surface area contributed by atoms with Gasteiger partial charge in [0.15, 0.2) is 0 Å². The molecular formula is C29H35NO4. The van der Waals surface area contributed by atoms with Crippen molar-refractivity contribution in [3.8, 4) is 17.2 Å². The number of likely N-dealkylation sites (N-methyl/N-ethyl adjacent to an activating group) is 1. The van der Waals surface area contributed by atoms with Crippen LogP contribution in [0, 0.1) is 0 Å². The monoisotopic (exact) mass is 461 g/mol. The van der Waals surface area contributed by atoms with Crippen LogP contribution in [-0.2, 0) is 0 Å². The van der Waals surface area contributed by atoms with Crippen LogP contribution in [-0.4, -0.2) is 43.6 Å². The number of aliphatic hydroxyl groups is 1. The van der Waals surface area contributed by atoms with E-state index in [4.69, 9.17) is 14.2 Å². The third-order valence-corrected chi connectivity index (χ3v) is 6.48. The van der Waals surface area contributed by atoms with Crippen LogP contribution in [0.3, 0.4) is 0 Å². The fraction of sp³-hybridized carbons (Fsp3) is 0.379. The smallest absolute Gasteiger partial charge is 0.127 e. The van der Waals surface area contributed by atoms with Crippen LogP contribution in [0.4, 0.5) is 0 Å². The molecule has 34 heavy (non-hydrogen) atoms. The Morgan fingerprint density at radius 3 is 2.35 bits per heavy atom. The molecule has 1 aliphatic rings. The maximum atomic E-state index is 10.1. The Hall–Kier alpha value is -3.02. The second kappa shape index (κ2) is 10.5. The predicted molar refractivity (Wildman–Crippen MR) is 135 cm³/mol. The molecule has 5 heteroatoms.